The Bertz CT molecular complexity index is 626. The summed E-state index contributed by atoms with van der Waals surface area (Å²) in [7, 11) is 1.60. The number of rotatable bonds is 5. The third-order valence-corrected chi connectivity index (χ3v) is 2.94. The Morgan fingerprint density at radius 1 is 1.30 bits per heavy atom. The molecule has 0 aliphatic heterocycles. The molecule has 0 radical (unpaired) electrons. The highest BCUT2D eigenvalue weighted by molar-refractivity contribution is 5.95. The Kier molecular flexibility index (Phi) is 4.10. The van der Waals surface area contributed by atoms with Crippen LogP contribution in [-0.2, 0) is 6.54 Å². The van der Waals surface area contributed by atoms with E-state index in [0.717, 1.165) is 11.3 Å². The molecule has 4 N–H and O–H groups in total. The molecule has 0 spiro atoms. The zero-order chi connectivity index (χ0) is 14.5. The Morgan fingerprint density at radius 2 is 2.05 bits per heavy atom. The Balaban J connectivity index is 2.22. The van der Waals surface area contributed by atoms with Crippen molar-refractivity contribution in [1.82, 2.24) is 0 Å². The van der Waals surface area contributed by atoms with Crippen molar-refractivity contribution in [2.24, 2.45) is 0 Å². The highest BCUT2D eigenvalue weighted by Gasteiger charge is 2.10. The molecule has 5 heteroatoms. The van der Waals surface area contributed by atoms with Crippen LogP contribution in [0.4, 0.5) is 11.4 Å². The summed E-state index contributed by atoms with van der Waals surface area (Å²) in [6, 6.07) is 12.2. The van der Waals surface area contributed by atoms with Crippen LogP contribution in [0.2, 0.25) is 0 Å². The molecule has 2 aromatic carbocycles. The molecule has 104 valence electrons. The van der Waals surface area contributed by atoms with Gasteiger partial charge < -0.3 is 20.9 Å². The van der Waals surface area contributed by atoms with Gasteiger partial charge in [0.15, 0.2) is 0 Å². The number of hydrogen-bond acceptors (Lipinski definition) is 4. The van der Waals surface area contributed by atoms with Crippen molar-refractivity contribution < 1.29 is 14.6 Å². The minimum absolute atomic E-state index is 0.189. The van der Waals surface area contributed by atoms with Crippen LogP contribution in [0.5, 0.6) is 5.75 Å². The molecular weight excluding hydrogens is 256 g/mol. The molecule has 0 atom stereocenters. The largest absolute Gasteiger partial charge is 0.496 e. The van der Waals surface area contributed by atoms with Gasteiger partial charge in [0.05, 0.1) is 18.4 Å². The van der Waals surface area contributed by atoms with E-state index in [2.05, 4.69) is 5.32 Å². The fourth-order valence-electron chi connectivity index (χ4n) is 1.93. The predicted octanol–water partition coefficient (Wildman–Crippen LogP) is 2.59. The number of carboxylic acid groups (broad SMARTS) is 1. The maximum absolute atomic E-state index is 11.2. The molecule has 0 aliphatic carbocycles. The van der Waals surface area contributed by atoms with Gasteiger partial charge in [-0.1, -0.05) is 18.2 Å². The second kappa shape index (κ2) is 5.97. The molecule has 0 bridgehead atoms. The third kappa shape index (κ3) is 3.00. The normalized spacial score (nSPS) is 10.1. The van der Waals surface area contributed by atoms with Crippen LogP contribution in [-0.4, -0.2) is 18.2 Å². The monoisotopic (exact) mass is 272 g/mol. The Hall–Kier alpha value is -2.69. The van der Waals surface area contributed by atoms with Crippen molar-refractivity contribution in [3.8, 4) is 5.75 Å². The second-order valence-corrected chi connectivity index (χ2v) is 4.28. The summed E-state index contributed by atoms with van der Waals surface area (Å²) in [5, 5.41) is 12.2. The van der Waals surface area contributed by atoms with E-state index >= 15 is 0 Å². The van der Waals surface area contributed by atoms with Gasteiger partial charge in [0, 0.05) is 17.8 Å². The van der Waals surface area contributed by atoms with Crippen LogP contribution in [0.15, 0.2) is 42.5 Å². The van der Waals surface area contributed by atoms with Gasteiger partial charge in [-0.3, -0.25) is 0 Å². The number of nitrogen functional groups attached to an aromatic ring is 1. The van der Waals surface area contributed by atoms with Gasteiger partial charge in [0.1, 0.15) is 5.75 Å². The first kappa shape index (κ1) is 13.7. The molecule has 0 unspecified atom stereocenters. The van der Waals surface area contributed by atoms with Crippen molar-refractivity contribution in [2.75, 3.05) is 18.2 Å². The summed E-state index contributed by atoms with van der Waals surface area (Å²) in [4.78, 5) is 11.2. The minimum atomic E-state index is -0.993. The summed E-state index contributed by atoms with van der Waals surface area (Å²) < 4.78 is 5.25. The Morgan fingerprint density at radius 3 is 2.75 bits per heavy atom. The van der Waals surface area contributed by atoms with E-state index in [-0.39, 0.29) is 5.56 Å². The molecule has 5 nitrogen and oxygen atoms in total. The number of methoxy groups -OCH3 is 1. The lowest BCUT2D eigenvalue weighted by atomic mass is 10.1. The van der Waals surface area contributed by atoms with Crippen LogP contribution >= 0.6 is 0 Å². The fourth-order valence-corrected chi connectivity index (χ4v) is 1.93. The lowest BCUT2D eigenvalue weighted by molar-refractivity contribution is 0.0698. The predicted molar refractivity (Wildman–Crippen MR) is 78.1 cm³/mol. The number of hydrogen-bond donors (Lipinski definition) is 3. The van der Waals surface area contributed by atoms with Gasteiger partial charge in [0.25, 0.3) is 0 Å². The topological polar surface area (TPSA) is 84.6 Å². The third-order valence-electron chi connectivity index (χ3n) is 2.94. The second-order valence-electron chi connectivity index (χ2n) is 4.28. The number of anilines is 2. The lowest BCUT2D eigenvalue weighted by Gasteiger charge is -2.12. The maximum atomic E-state index is 11.2. The van der Waals surface area contributed by atoms with Crippen molar-refractivity contribution in [2.45, 2.75) is 6.54 Å². The van der Waals surface area contributed by atoms with Crippen molar-refractivity contribution in [1.29, 1.82) is 0 Å². The number of ether oxygens (including phenoxy) is 1. The number of carbonyl (C=O) groups is 1. The number of benzene rings is 2. The standard InChI is InChI=1S/C15H16N2O3/c1-20-14-5-3-2-4-10(14)9-17-13-8-11(16)6-7-12(13)15(18)19/h2-8,17H,9,16H2,1H3,(H,18,19). The summed E-state index contributed by atoms with van der Waals surface area (Å²) in [6.07, 6.45) is 0. The molecule has 2 aromatic rings. The van der Waals surface area contributed by atoms with Crippen LogP contribution in [0.25, 0.3) is 0 Å². The average Bonchev–Trinajstić information content (AvgIpc) is 2.45. The summed E-state index contributed by atoms with van der Waals surface area (Å²) in [5.74, 6) is -0.242. The summed E-state index contributed by atoms with van der Waals surface area (Å²) in [5.41, 5.74) is 7.82. The molecule has 0 saturated heterocycles. The average molecular weight is 272 g/mol. The highest BCUT2D eigenvalue weighted by atomic mass is 16.5. The van der Waals surface area contributed by atoms with E-state index in [1.807, 2.05) is 24.3 Å². The number of para-hydroxylation sites is 1. The number of aromatic carboxylic acids is 1. The summed E-state index contributed by atoms with van der Waals surface area (Å²) in [6.45, 7) is 0.452. The van der Waals surface area contributed by atoms with E-state index in [0.29, 0.717) is 17.9 Å². The van der Waals surface area contributed by atoms with E-state index in [4.69, 9.17) is 15.6 Å². The van der Waals surface area contributed by atoms with Gasteiger partial charge in [0.2, 0.25) is 0 Å². The van der Waals surface area contributed by atoms with E-state index in [9.17, 15) is 4.79 Å². The van der Waals surface area contributed by atoms with E-state index in [1.165, 1.54) is 6.07 Å². The lowest BCUT2D eigenvalue weighted by Crippen LogP contribution is -2.07. The minimum Gasteiger partial charge on any atom is -0.496 e. The number of nitrogens with two attached hydrogens (primary N) is 1. The quantitative estimate of drug-likeness (QED) is 0.728. The molecular formula is C15H16N2O3. The van der Waals surface area contributed by atoms with Gasteiger partial charge in [-0.15, -0.1) is 0 Å². The first-order valence-corrected chi connectivity index (χ1v) is 6.10. The zero-order valence-electron chi connectivity index (χ0n) is 11.1. The van der Waals surface area contributed by atoms with Crippen molar-refractivity contribution >= 4 is 17.3 Å². The van der Waals surface area contributed by atoms with E-state index in [1.54, 1.807) is 19.2 Å². The van der Waals surface area contributed by atoms with Crippen LogP contribution in [0.1, 0.15) is 15.9 Å². The van der Waals surface area contributed by atoms with Crippen LogP contribution in [0, 0.1) is 0 Å². The molecule has 0 aliphatic rings. The first-order chi connectivity index (χ1) is 9.61. The fraction of sp³-hybridized carbons (Fsp3) is 0.133. The number of carboxylic acids is 1. The van der Waals surface area contributed by atoms with Gasteiger partial charge in [-0.2, -0.15) is 0 Å². The van der Waals surface area contributed by atoms with Crippen LogP contribution in [0.3, 0.4) is 0 Å². The van der Waals surface area contributed by atoms with Crippen molar-refractivity contribution in [3.05, 3.63) is 53.6 Å². The molecule has 0 saturated carbocycles. The molecule has 0 amide bonds. The SMILES string of the molecule is COc1ccccc1CNc1cc(N)ccc1C(=O)O. The van der Waals surface area contributed by atoms with E-state index < -0.39 is 5.97 Å². The summed E-state index contributed by atoms with van der Waals surface area (Å²) >= 11 is 0. The van der Waals surface area contributed by atoms with Gasteiger partial charge in [-0.25, -0.2) is 4.79 Å². The molecule has 0 heterocycles. The van der Waals surface area contributed by atoms with Gasteiger partial charge in [-0.05, 0) is 24.3 Å². The highest BCUT2D eigenvalue weighted by Crippen LogP contribution is 2.23. The molecule has 2 rings (SSSR count). The Labute approximate surface area is 117 Å². The van der Waals surface area contributed by atoms with Crippen molar-refractivity contribution in [3.63, 3.8) is 0 Å². The van der Waals surface area contributed by atoms with Crippen LogP contribution < -0.4 is 15.8 Å². The maximum Gasteiger partial charge on any atom is 0.337 e. The molecule has 0 fully saturated rings. The molecule has 0 aromatic heterocycles. The molecule has 20 heavy (non-hydrogen) atoms. The van der Waals surface area contributed by atoms with Gasteiger partial charge >= 0.3 is 5.97 Å². The zero-order valence-corrected chi connectivity index (χ0v) is 11.1. The first-order valence-electron chi connectivity index (χ1n) is 6.10. The number of nitrogens with one attached hydrogen (secondary N) is 1. The smallest absolute Gasteiger partial charge is 0.337 e.